The fourth-order valence-electron chi connectivity index (χ4n) is 1.19. The van der Waals surface area contributed by atoms with Gasteiger partial charge in [0.2, 0.25) is 0 Å². The Labute approximate surface area is 154 Å². The van der Waals surface area contributed by atoms with E-state index in [1.165, 1.54) is 32.1 Å². The maximum absolute atomic E-state index is 10.4. The van der Waals surface area contributed by atoms with Crippen LogP contribution in [0.5, 0.6) is 0 Å². The highest BCUT2D eigenvalue weighted by atomic mass is 16.1. The molecule has 0 aliphatic rings. The van der Waals surface area contributed by atoms with Crippen LogP contribution < -0.4 is 0 Å². The normalized spacial score (nSPS) is 7.83. The second-order valence-electron chi connectivity index (χ2n) is 5.56. The highest BCUT2D eigenvalue weighted by Gasteiger charge is 1.91. The minimum absolute atomic E-state index is 0.377. The minimum Gasteiger partial charge on any atom is -0.300 e. The molecular formula is C23H46O. The van der Waals surface area contributed by atoms with Crippen LogP contribution in [0.4, 0.5) is 0 Å². The SMILES string of the molecule is CCC.CCC.CCCC(=O)CC.CCCCC.c1ccccc1. The second kappa shape index (κ2) is 37.8. The van der Waals surface area contributed by atoms with Crippen LogP contribution in [0.2, 0.25) is 0 Å². The molecule has 0 heterocycles. The van der Waals surface area contributed by atoms with Crippen LogP contribution in [0, 0.1) is 0 Å². The predicted molar refractivity (Wildman–Crippen MR) is 114 cm³/mol. The van der Waals surface area contributed by atoms with E-state index in [9.17, 15) is 4.79 Å². The van der Waals surface area contributed by atoms with Crippen molar-refractivity contribution in [2.45, 2.75) is 107 Å². The third-order valence-electron chi connectivity index (χ3n) is 2.30. The molecule has 1 rings (SSSR count). The number of unbranched alkanes of at least 4 members (excludes halogenated alkanes) is 2. The number of rotatable bonds is 5. The first-order valence-electron chi connectivity index (χ1n) is 10.1. The van der Waals surface area contributed by atoms with Gasteiger partial charge in [0.15, 0.2) is 0 Å². The molecular weight excluding hydrogens is 292 g/mol. The Hall–Kier alpha value is -1.11. The predicted octanol–water partition coefficient (Wildman–Crippen LogP) is 8.48. The Morgan fingerprint density at radius 2 is 0.875 bits per heavy atom. The first kappa shape index (κ1) is 30.7. The van der Waals surface area contributed by atoms with Gasteiger partial charge in [-0.15, -0.1) is 0 Å². The molecule has 1 nitrogen and oxygen atoms in total. The molecule has 0 saturated carbocycles. The number of carbonyl (C=O) groups excluding carboxylic acids is 1. The van der Waals surface area contributed by atoms with Gasteiger partial charge in [0.25, 0.3) is 0 Å². The Kier molecular flexibility index (Phi) is 48.5. The number of hydrogen-bond acceptors (Lipinski definition) is 1. The summed E-state index contributed by atoms with van der Waals surface area (Å²) in [5.41, 5.74) is 0. The van der Waals surface area contributed by atoms with Crippen molar-refractivity contribution < 1.29 is 4.79 Å². The zero-order valence-corrected chi connectivity index (χ0v) is 18.0. The third-order valence-corrected chi connectivity index (χ3v) is 2.30. The lowest BCUT2D eigenvalue weighted by Crippen LogP contribution is -1.91. The molecule has 0 radical (unpaired) electrons. The summed E-state index contributed by atoms with van der Waals surface area (Å²) in [5.74, 6) is 0.377. The van der Waals surface area contributed by atoms with Crippen molar-refractivity contribution in [3.63, 3.8) is 0 Å². The summed E-state index contributed by atoms with van der Waals surface area (Å²) in [6.45, 7) is 16.8. The smallest absolute Gasteiger partial charge is 0.132 e. The zero-order chi connectivity index (χ0) is 19.5. The van der Waals surface area contributed by atoms with E-state index in [1.807, 2.05) is 50.2 Å². The average Bonchev–Trinajstić information content (AvgIpc) is 2.60. The number of benzene rings is 1. The minimum atomic E-state index is 0.377. The first-order valence-corrected chi connectivity index (χ1v) is 10.1. The molecule has 0 aromatic heterocycles. The van der Waals surface area contributed by atoms with Gasteiger partial charge in [0.1, 0.15) is 5.78 Å². The van der Waals surface area contributed by atoms with Gasteiger partial charge in [-0.25, -0.2) is 0 Å². The van der Waals surface area contributed by atoms with E-state index in [1.54, 1.807) is 0 Å². The standard InChI is InChI=1S/C6H12O.C6H6.C5H12.2C3H8/c1-3-5-6(7)4-2;1-2-4-6-5-3-1;1-3-5-4-2;2*1-3-2/h3-5H2,1-2H3;1-6H;3-5H2,1-2H3;2*3H2,1-2H3. The number of ketones is 1. The van der Waals surface area contributed by atoms with Crippen molar-refractivity contribution in [3.05, 3.63) is 36.4 Å². The van der Waals surface area contributed by atoms with Crippen LogP contribution in [0.3, 0.4) is 0 Å². The fourth-order valence-corrected chi connectivity index (χ4v) is 1.19. The lowest BCUT2D eigenvalue weighted by atomic mass is 10.2. The van der Waals surface area contributed by atoms with Crippen LogP contribution >= 0.6 is 0 Å². The maximum Gasteiger partial charge on any atom is 0.132 e. The first-order chi connectivity index (χ1) is 11.6. The van der Waals surface area contributed by atoms with E-state index in [0.717, 1.165) is 12.8 Å². The number of hydrogen-bond donors (Lipinski definition) is 0. The highest BCUT2D eigenvalue weighted by Crippen LogP contribution is 1.91. The summed E-state index contributed by atoms with van der Waals surface area (Å²) in [5, 5.41) is 0. The molecule has 0 spiro atoms. The Balaban J connectivity index is -0.000000109. The Morgan fingerprint density at radius 3 is 0.958 bits per heavy atom. The number of Topliss-reactive ketones (excluding diaryl/α,β-unsaturated/α-hetero) is 1. The van der Waals surface area contributed by atoms with Gasteiger partial charge < -0.3 is 0 Å². The summed E-state index contributed by atoms with van der Waals surface area (Å²) in [6, 6.07) is 12.0. The third kappa shape index (κ3) is 58.5. The van der Waals surface area contributed by atoms with E-state index < -0.39 is 0 Å². The molecule has 0 N–H and O–H groups in total. The molecule has 24 heavy (non-hydrogen) atoms. The van der Waals surface area contributed by atoms with Crippen LogP contribution in [-0.2, 0) is 4.79 Å². The van der Waals surface area contributed by atoms with Gasteiger partial charge in [-0.05, 0) is 6.42 Å². The van der Waals surface area contributed by atoms with Gasteiger partial charge in [0.05, 0.1) is 0 Å². The van der Waals surface area contributed by atoms with Crippen LogP contribution in [0.15, 0.2) is 36.4 Å². The van der Waals surface area contributed by atoms with Gasteiger partial charge in [-0.2, -0.15) is 0 Å². The molecule has 1 aromatic carbocycles. The van der Waals surface area contributed by atoms with Crippen molar-refractivity contribution >= 4 is 5.78 Å². The van der Waals surface area contributed by atoms with Crippen LogP contribution in [0.1, 0.15) is 107 Å². The van der Waals surface area contributed by atoms with Crippen molar-refractivity contribution in [2.24, 2.45) is 0 Å². The lowest BCUT2D eigenvalue weighted by molar-refractivity contribution is -0.118. The van der Waals surface area contributed by atoms with Crippen molar-refractivity contribution in [1.29, 1.82) is 0 Å². The van der Waals surface area contributed by atoms with Crippen molar-refractivity contribution in [1.82, 2.24) is 0 Å². The molecule has 0 atom stereocenters. The quantitative estimate of drug-likeness (QED) is 0.526. The van der Waals surface area contributed by atoms with Gasteiger partial charge in [0, 0.05) is 12.8 Å². The molecule has 1 aromatic rings. The van der Waals surface area contributed by atoms with Gasteiger partial charge in [-0.1, -0.05) is 124 Å². The van der Waals surface area contributed by atoms with E-state index in [0.29, 0.717) is 12.2 Å². The maximum atomic E-state index is 10.4. The average molecular weight is 339 g/mol. The second-order valence-corrected chi connectivity index (χ2v) is 5.56. The van der Waals surface area contributed by atoms with E-state index in [-0.39, 0.29) is 0 Å². The summed E-state index contributed by atoms with van der Waals surface area (Å²) in [4.78, 5) is 10.4. The molecule has 0 aliphatic heterocycles. The van der Waals surface area contributed by atoms with E-state index >= 15 is 0 Å². The highest BCUT2D eigenvalue weighted by molar-refractivity contribution is 5.77. The lowest BCUT2D eigenvalue weighted by Gasteiger charge is -1.87. The summed E-state index contributed by atoms with van der Waals surface area (Å²) >= 11 is 0. The molecule has 0 bridgehead atoms. The molecule has 0 unspecified atom stereocenters. The van der Waals surface area contributed by atoms with Crippen LogP contribution in [0.25, 0.3) is 0 Å². The van der Waals surface area contributed by atoms with E-state index in [2.05, 4.69) is 41.5 Å². The van der Waals surface area contributed by atoms with E-state index in [4.69, 9.17) is 0 Å². The molecule has 0 amide bonds. The molecule has 1 heteroatoms. The summed E-state index contributed by atoms with van der Waals surface area (Å²) < 4.78 is 0. The largest absolute Gasteiger partial charge is 0.300 e. The fraction of sp³-hybridized carbons (Fsp3) is 0.696. The number of carbonyl (C=O) groups is 1. The van der Waals surface area contributed by atoms with Crippen LogP contribution in [-0.4, -0.2) is 5.78 Å². The molecule has 0 saturated heterocycles. The monoisotopic (exact) mass is 338 g/mol. The molecule has 0 aliphatic carbocycles. The topological polar surface area (TPSA) is 17.1 Å². The zero-order valence-electron chi connectivity index (χ0n) is 18.0. The molecule has 144 valence electrons. The van der Waals surface area contributed by atoms with Crippen molar-refractivity contribution in [2.75, 3.05) is 0 Å². The van der Waals surface area contributed by atoms with Gasteiger partial charge in [-0.3, -0.25) is 4.79 Å². The summed E-state index contributed by atoms with van der Waals surface area (Å²) in [6.07, 6.45) is 9.03. The van der Waals surface area contributed by atoms with Crippen molar-refractivity contribution in [3.8, 4) is 0 Å². The van der Waals surface area contributed by atoms with Gasteiger partial charge >= 0.3 is 0 Å². The summed E-state index contributed by atoms with van der Waals surface area (Å²) in [7, 11) is 0. The Morgan fingerprint density at radius 1 is 0.583 bits per heavy atom. The Bertz CT molecular complexity index is 236. The molecule has 0 fully saturated rings.